The van der Waals surface area contributed by atoms with E-state index >= 15 is 0 Å². The minimum atomic E-state index is -0.623. The topological polar surface area (TPSA) is 223 Å². The van der Waals surface area contributed by atoms with Gasteiger partial charge in [-0.05, 0) is 106 Å². The van der Waals surface area contributed by atoms with Crippen LogP contribution < -0.4 is 26.4 Å². The van der Waals surface area contributed by atoms with Gasteiger partial charge in [-0.15, -0.1) is 11.3 Å². The van der Waals surface area contributed by atoms with Crippen molar-refractivity contribution in [1.29, 1.82) is 0 Å². The fraction of sp³-hybridized carbons (Fsp3) is 0.552. The van der Waals surface area contributed by atoms with Crippen molar-refractivity contribution in [2.24, 2.45) is 17.6 Å². The maximum absolute atomic E-state index is 14.7. The summed E-state index contributed by atoms with van der Waals surface area (Å²) < 4.78 is 12.5. The number of nitrogens with zero attached hydrogens (tertiary/aromatic N) is 6. The maximum atomic E-state index is 14.7. The number of anilines is 1. The molecule has 1 aliphatic heterocycles. The molecule has 412 valence electrons. The number of aryl methyl sites for hydroxylation is 2. The Labute approximate surface area is 454 Å². The van der Waals surface area contributed by atoms with Crippen LogP contribution in [0.5, 0.6) is 5.88 Å². The highest BCUT2D eigenvalue weighted by atomic mass is 32.1. The minimum absolute atomic E-state index is 0.0328. The van der Waals surface area contributed by atoms with Crippen LogP contribution in [0.2, 0.25) is 0 Å². The number of likely N-dealkylation sites (tertiary alicyclic amines) is 1. The standard InChI is InChI=1S/C58H83N11O6S/c1-10-29-69(58(73)52(38(6)12-3)67-55(72)46-16-13-14-30-68(46)9)47(37(4)5)32-48(74-31-11-2)57-66-45(35-76-57)51(59)39(7)19-20-41-25-27-44(28-26-41)65-50(71)18-15-17-49(70)60-33-42-21-23-43(24-22-42)34-75-56-53-54(62-36-61-53)63-40(8)64-56/h21-28,35-38,46-48,51-52H,7,10-20,29-34,59H2,1-6,8-9H3,(H,60,70)(H,65,71)(H,67,72)(H,61,62,63,64)/t38-,46+,47+,48+,51?,52-/m0/s1. The van der Waals surface area contributed by atoms with E-state index in [4.69, 9.17) is 20.2 Å². The molecule has 17 nitrogen and oxygen atoms in total. The summed E-state index contributed by atoms with van der Waals surface area (Å²) >= 11 is 1.53. The summed E-state index contributed by atoms with van der Waals surface area (Å²) in [7, 11) is 2.00. The number of fused-ring (bicyclic) bond motifs is 1. The predicted octanol–water partition coefficient (Wildman–Crippen LogP) is 9.45. The van der Waals surface area contributed by atoms with Crippen molar-refractivity contribution < 1.29 is 28.7 Å². The van der Waals surface area contributed by atoms with Gasteiger partial charge in [-0.25, -0.2) is 15.0 Å². The monoisotopic (exact) mass is 1060 g/mol. The molecule has 5 aromatic rings. The van der Waals surface area contributed by atoms with Gasteiger partial charge >= 0.3 is 0 Å². The number of carbonyl (C=O) groups is 4. The van der Waals surface area contributed by atoms with Crippen molar-refractivity contribution in [1.82, 2.24) is 45.4 Å². The molecule has 3 aromatic heterocycles. The summed E-state index contributed by atoms with van der Waals surface area (Å²) in [6, 6.07) is 14.1. The summed E-state index contributed by atoms with van der Waals surface area (Å²) in [6.45, 7) is 21.5. The molecule has 1 aliphatic rings. The molecule has 1 unspecified atom stereocenters. The quantitative estimate of drug-likeness (QED) is 0.0271. The van der Waals surface area contributed by atoms with Gasteiger partial charge < -0.3 is 41.0 Å². The summed E-state index contributed by atoms with van der Waals surface area (Å²) in [5.41, 5.74) is 13.3. The second-order valence-corrected chi connectivity index (χ2v) is 21.6. The molecule has 0 bridgehead atoms. The molecule has 76 heavy (non-hydrogen) atoms. The van der Waals surface area contributed by atoms with Gasteiger partial charge in [0.05, 0.1) is 24.1 Å². The second-order valence-electron chi connectivity index (χ2n) is 20.7. The molecule has 4 amide bonds. The number of H-pyrrole nitrogens is 1. The normalized spacial score (nSPS) is 15.9. The Morgan fingerprint density at radius 1 is 0.934 bits per heavy atom. The number of aromatic amines is 1. The van der Waals surface area contributed by atoms with Crippen LogP contribution in [0.1, 0.15) is 158 Å². The van der Waals surface area contributed by atoms with Gasteiger partial charge in [0, 0.05) is 56.1 Å². The molecule has 0 aliphatic carbocycles. The number of likely N-dealkylation sites (N-methyl/N-ethyl adjacent to an activating group) is 1. The SMILES string of the molecule is C=C(CCc1ccc(NC(=O)CCCC(=O)NCc2ccc(COc3nc(C)nc4nc[nH]c34)cc2)cc1)C(N)c1csc([C@@H](C[C@H](C(C)C)N(CCC)C(=O)[C@@H](NC(=O)[C@H]2CCCCN2C)[C@@H](C)CC)OCCC)n1. The van der Waals surface area contributed by atoms with E-state index in [1.165, 1.54) is 11.3 Å². The Kier molecular flexibility index (Phi) is 22.9. The lowest BCUT2D eigenvalue weighted by Crippen LogP contribution is -2.58. The molecule has 18 heteroatoms. The molecule has 0 radical (unpaired) electrons. The minimum Gasteiger partial charge on any atom is -0.471 e. The first kappa shape index (κ1) is 59.2. The average Bonchev–Trinajstić information content (AvgIpc) is 4.11. The van der Waals surface area contributed by atoms with Gasteiger partial charge in [-0.1, -0.05) is 103 Å². The van der Waals surface area contributed by atoms with Crippen molar-refractivity contribution >= 4 is 51.8 Å². The smallest absolute Gasteiger partial charge is 0.245 e. The Hall–Kier alpha value is -6.08. The van der Waals surface area contributed by atoms with Gasteiger partial charge in [-0.3, -0.25) is 24.1 Å². The Morgan fingerprint density at radius 2 is 1.66 bits per heavy atom. The number of amides is 4. The average molecular weight is 1060 g/mol. The summed E-state index contributed by atoms with van der Waals surface area (Å²) in [5, 5.41) is 11.9. The van der Waals surface area contributed by atoms with Crippen molar-refractivity contribution in [3.05, 3.63) is 106 Å². The van der Waals surface area contributed by atoms with E-state index < -0.39 is 12.1 Å². The van der Waals surface area contributed by atoms with Gasteiger partial charge in [0.15, 0.2) is 5.65 Å². The van der Waals surface area contributed by atoms with Crippen LogP contribution in [0, 0.1) is 18.8 Å². The zero-order chi connectivity index (χ0) is 54.7. The number of benzene rings is 2. The van der Waals surface area contributed by atoms with Crippen molar-refractivity contribution in [3.8, 4) is 5.88 Å². The van der Waals surface area contributed by atoms with E-state index in [2.05, 4.69) is 88.9 Å². The number of piperidine rings is 1. The van der Waals surface area contributed by atoms with E-state index in [0.29, 0.717) is 80.5 Å². The van der Waals surface area contributed by atoms with Crippen molar-refractivity contribution in [3.63, 3.8) is 0 Å². The molecule has 1 fully saturated rings. The fourth-order valence-electron chi connectivity index (χ4n) is 9.53. The highest BCUT2D eigenvalue weighted by Gasteiger charge is 2.38. The number of ether oxygens (including phenoxy) is 2. The second kappa shape index (κ2) is 29.4. The molecular formula is C58H83N11O6S. The van der Waals surface area contributed by atoms with E-state index in [9.17, 15) is 19.2 Å². The number of thiazole rings is 1. The number of hydrogen-bond acceptors (Lipinski definition) is 13. The zero-order valence-corrected chi connectivity index (χ0v) is 47.0. The van der Waals surface area contributed by atoms with Crippen molar-refractivity contribution in [2.75, 3.05) is 32.1 Å². The Balaban J connectivity index is 0.942. The highest BCUT2D eigenvalue weighted by Crippen LogP contribution is 2.34. The lowest BCUT2D eigenvalue weighted by Gasteiger charge is -2.40. The van der Waals surface area contributed by atoms with Crippen LogP contribution >= 0.6 is 11.3 Å². The highest BCUT2D eigenvalue weighted by molar-refractivity contribution is 7.09. The zero-order valence-electron chi connectivity index (χ0n) is 46.2. The van der Waals surface area contributed by atoms with Crippen LogP contribution in [-0.2, 0) is 43.5 Å². The number of rotatable bonds is 30. The summed E-state index contributed by atoms with van der Waals surface area (Å²) in [6.07, 6.45) is 9.26. The van der Waals surface area contributed by atoms with Crippen molar-refractivity contribution in [2.45, 2.75) is 169 Å². The van der Waals surface area contributed by atoms with Crippen LogP contribution in [0.25, 0.3) is 11.2 Å². The molecule has 0 spiro atoms. The fourth-order valence-corrected chi connectivity index (χ4v) is 10.4. The van der Waals surface area contributed by atoms with E-state index in [1.807, 2.05) is 65.9 Å². The number of imidazole rings is 1. The molecule has 6 N–H and O–H groups in total. The van der Waals surface area contributed by atoms with E-state index in [-0.39, 0.29) is 66.5 Å². The number of hydrogen-bond donors (Lipinski definition) is 5. The number of carbonyl (C=O) groups excluding carboxylic acids is 4. The van der Waals surface area contributed by atoms with Crippen LogP contribution in [0.15, 0.2) is 72.4 Å². The van der Waals surface area contributed by atoms with Crippen LogP contribution in [-0.4, -0.2) is 103 Å². The molecule has 6 rings (SSSR count). The third kappa shape index (κ3) is 17.0. The van der Waals surface area contributed by atoms with Gasteiger partial charge in [0.25, 0.3) is 0 Å². The molecular weight excluding hydrogens is 979 g/mol. The third-order valence-electron chi connectivity index (χ3n) is 14.4. The largest absolute Gasteiger partial charge is 0.471 e. The number of nitrogens with two attached hydrogens (primary N) is 1. The first-order valence-corrected chi connectivity index (χ1v) is 28.3. The third-order valence-corrected chi connectivity index (χ3v) is 15.3. The molecule has 6 atom stereocenters. The molecule has 0 saturated carbocycles. The first-order chi connectivity index (χ1) is 36.6. The van der Waals surface area contributed by atoms with Crippen LogP contribution in [0.4, 0.5) is 5.69 Å². The summed E-state index contributed by atoms with van der Waals surface area (Å²) in [5.74, 6) is 0.740. The Morgan fingerprint density at radius 3 is 2.36 bits per heavy atom. The molecule has 2 aromatic carbocycles. The summed E-state index contributed by atoms with van der Waals surface area (Å²) in [4.78, 5) is 78.9. The van der Waals surface area contributed by atoms with Gasteiger partial charge in [-0.2, -0.15) is 4.98 Å². The van der Waals surface area contributed by atoms with E-state index in [1.54, 1.807) is 13.3 Å². The number of aromatic nitrogens is 5. The number of nitrogens with one attached hydrogen (secondary N) is 4. The lowest BCUT2D eigenvalue weighted by atomic mass is 9.92. The Bertz CT molecular complexity index is 2650. The van der Waals surface area contributed by atoms with E-state index in [0.717, 1.165) is 78.0 Å². The predicted molar refractivity (Wildman–Crippen MR) is 300 cm³/mol. The van der Waals surface area contributed by atoms with Gasteiger partial charge in [0.1, 0.15) is 35.1 Å². The van der Waals surface area contributed by atoms with Gasteiger partial charge in [0.2, 0.25) is 29.5 Å². The lowest BCUT2D eigenvalue weighted by molar-refractivity contribution is -0.143. The first-order valence-electron chi connectivity index (χ1n) is 27.4. The van der Waals surface area contributed by atoms with Crippen LogP contribution in [0.3, 0.4) is 0 Å². The maximum Gasteiger partial charge on any atom is 0.245 e. The molecule has 1 saturated heterocycles. The molecule has 4 heterocycles.